The zero-order valence-electron chi connectivity index (χ0n) is 15.6. The summed E-state index contributed by atoms with van der Waals surface area (Å²) >= 11 is 0. The highest BCUT2D eigenvalue weighted by molar-refractivity contribution is 5.92. The lowest BCUT2D eigenvalue weighted by atomic mass is 10.2. The summed E-state index contributed by atoms with van der Waals surface area (Å²) in [5.41, 5.74) is 1.30. The second-order valence-electron chi connectivity index (χ2n) is 6.52. The number of anilines is 1. The summed E-state index contributed by atoms with van der Waals surface area (Å²) in [5.74, 6) is 2.15. The van der Waals surface area contributed by atoms with Crippen molar-refractivity contribution in [2.45, 2.75) is 26.4 Å². The Labute approximate surface area is 156 Å². The molecule has 1 amide bonds. The number of amides is 1. The van der Waals surface area contributed by atoms with E-state index in [1.807, 2.05) is 23.8 Å². The third-order valence-electron chi connectivity index (χ3n) is 4.71. The van der Waals surface area contributed by atoms with E-state index in [1.165, 1.54) is 6.33 Å². The molecular formula is C17H22N8O2. The third-order valence-corrected chi connectivity index (χ3v) is 4.71. The number of rotatable bonds is 5. The van der Waals surface area contributed by atoms with Gasteiger partial charge in [0, 0.05) is 44.7 Å². The van der Waals surface area contributed by atoms with E-state index in [9.17, 15) is 4.79 Å². The summed E-state index contributed by atoms with van der Waals surface area (Å²) in [6, 6.07) is 1.98. The molecule has 0 saturated heterocycles. The number of hydrogen-bond donors (Lipinski definition) is 1. The monoisotopic (exact) mass is 370 g/mol. The average Bonchev–Trinajstić information content (AvgIpc) is 3.28. The first-order chi connectivity index (χ1) is 13.1. The Hall–Kier alpha value is -3.01. The van der Waals surface area contributed by atoms with Gasteiger partial charge in [0.15, 0.2) is 0 Å². The molecule has 0 fully saturated rings. The molecule has 1 atom stereocenters. The van der Waals surface area contributed by atoms with Crippen molar-refractivity contribution in [2.24, 2.45) is 0 Å². The highest BCUT2D eigenvalue weighted by Gasteiger charge is 2.29. The van der Waals surface area contributed by atoms with Crippen LogP contribution in [0.5, 0.6) is 0 Å². The molecule has 3 aromatic heterocycles. The standard InChI is InChI=1S/C17H22N8O2/c1-11-8-14(25-17(21-11)19-10-20-25)24-6-5-23-9-13(22-15(23)12(24)2)16(26)18-4-7-27-3/h8-10,12H,4-7H2,1-3H3,(H,18,26)/t12-/m0/s1. The van der Waals surface area contributed by atoms with E-state index in [0.717, 1.165) is 30.4 Å². The number of aromatic nitrogens is 6. The van der Waals surface area contributed by atoms with Crippen LogP contribution in [-0.4, -0.2) is 61.8 Å². The molecule has 1 aliphatic rings. The van der Waals surface area contributed by atoms with Crippen molar-refractivity contribution in [3.63, 3.8) is 0 Å². The Morgan fingerprint density at radius 1 is 1.37 bits per heavy atom. The Morgan fingerprint density at radius 2 is 2.22 bits per heavy atom. The minimum atomic E-state index is -0.189. The van der Waals surface area contributed by atoms with Crippen molar-refractivity contribution in [3.8, 4) is 0 Å². The van der Waals surface area contributed by atoms with Crippen molar-refractivity contribution in [2.75, 3.05) is 31.7 Å². The van der Waals surface area contributed by atoms with Gasteiger partial charge in [-0.3, -0.25) is 4.79 Å². The highest BCUT2D eigenvalue weighted by atomic mass is 16.5. The molecule has 0 radical (unpaired) electrons. The van der Waals surface area contributed by atoms with Gasteiger partial charge in [0.2, 0.25) is 0 Å². The first-order valence-electron chi connectivity index (χ1n) is 8.86. The number of methoxy groups -OCH3 is 1. The molecule has 0 aliphatic carbocycles. The van der Waals surface area contributed by atoms with Gasteiger partial charge < -0.3 is 19.5 Å². The maximum Gasteiger partial charge on any atom is 0.271 e. The van der Waals surface area contributed by atoms with Crippen LogP contribution in [0.15, 0.2) is 18.6 Å². The zero-order chi connectivity index (χ0) is 19.0. The number of fused-ring (bicyclic) bond motifs is 2. The molecule has 10 heteroatoms. The maximum absolute atomic E-state index is 12.3. The van der Waals surface area contributed by atoms with Crippen LogP contribution in [0.25, 0.3) is 5.78 Å². The molecule has 0 saturated carbocycles. The number of aryl methyl sites for hydroxylation is 1. The van der Waals surface area contributed by atoms with Gasteiger partial charge in [0.25, 0.3) is 11.7 Å². The number of imidazole rings is 1. The Bertz CT molecular complexity index is 979. The van der Waals surface area contributed by atoms with Crippen LogP contribution in [0.2, 0.25) is 0 Å². The maximum atomic E-state index is 12.3. The SMILES string of the molecule is COCCNC(=O)c1cn2c(n1)[C@H](C)N(c1cc(C)nc3ncnn13)CC2. The molecule has 142 valence electrons. The fourth-order valence-electron chi connectivity index (χ4n) is 3.39. The Balaban J connectivity index is 1.62. The fraction of sp³-hybridized carbons (Fsp3) is 0.471. The first-order valence-corrected chi connectivity index (χ1v) is 8.86. The molecule has 1 aliphatic heterocycles. The summed E-state index contributed by atoms with van der Waals surface area (Å²) in [5, 5.41) is 7.11. The lowest BCUT2D eigenvalue weighted by Gasteiger charge is -2.35. The highest BCUT2D eigenvalue weighted by Crippen LogP contribution is 2.30. The molecule has 0 spiro atoms. The van der Waals surface area contributed by atoms with Gasteiger partial charge in [-0.15, -0.1) is 0 Å². The lowest BCUT2D eigenvalue weighted by Crippen LogP contribution is -2.38. The van der Waals surface area contributed by atoms with E-state index in [1.54, 1.807) is 11.6 Å². The summed E-state index contributed by atoms with van der Waals surface area (Å²) in [4.78, 5) is 27.7. The van der Waals surface area contributed by atoms with Gasteiger partial charge in [-0.1, -0.05) is 0 Å². The van der Waals surface area contributed by atoms with Crippen molar-refractivity contribution < 1.29 is 9.53 Å². The minimum Gasteiger partial charge on any atom is -0.383 e. The van der Waals surface area contributed by atoms with E-state index >= 15 is 0 Å². The number of nitrogens with zero attached hydrogens (tertiary/aromatic N) is 7. The number of ether oxygens (including phenoxy) is 1. The van der Waals surface area contributed by atoms with Crippen LogP contribution in [0.1, 0.15) is 35.0 Å². The van der Waals surface area contributed by atoms with Crippen molar-refractivity contribution in [1.29, 1.82) is 0 Å². The van der Waals surface area contributed by atoms with Gasteiger partial charge >= 0.3 is 0 Å². The van der Waals surface area contributed by atoms with Crippen LogP contribution in [0.4, 0.5) is 5.82 Å². The molecule has 4 rings (SSSR count). The Morgan fingerprint density at radius 3 is 3.04 bits per heavy atom. The quantitative estimate of drug-likeness (QED) is 0.656. The molecule has 0 bridgehead atoms. The topological polar surface area (TPSA) is 102 Å². The summed E-state index contributed by atoms with van der Waals surface area (Å²) in [7, 11) is 1.60. The van der Waals surface area contributed by atoms with Crippen LogP contribution < -0.4 is 10.2 Å². The van der Waals surface area contributed by atoms with Gasteiger partial charge in [-0.25, -0.2) is 9.97 Å². The molecular weight excluding hydrogens is 348 g/mol. The molecule has 3 aromatic rings. The first kappa shape index (κ1) is 17.4. The van der Waals surface area contributed by atoms with Gasteiger partial charge in [0.1, 0.15) is 23.7 Å². The largest absolute Gasteiger partial charge is 0.383 e. The predicted molar refractivity (Wildman–Crippen MR) is 97.7 cm³/mol. The average molecular weight is 370 g/mol. The molecule has 27 heavy (non-hydrogen) atoms. The van der Waals surface area contributed by atoms with E-state index in [0.29, 0.717) is 24.6 Å². The molecule has 10 nitrogen and oxygen atoms in total. The number of hydrogen-bond acceptors (Lipinski definition) is 7. The smallest absolute Gasteiger partial charge is 0.271 e. The summed E-state index contributed by atoms with van der Waals surface area (Å²) < 4.78 is 8.74. The van der Waals surface area contributed by atoms with Gasteiger partial charge in [-0.05, 0) is 13.8 Å². The Kier molecular flexibility index (Phi) is 4.48. The van der Waals surface area contributed by atoms with E-state index in [2.05, 4.69) is 37.2 Å². The van der Waals surface area contributed by atoms with Crippen molar-refractivity contribution >= 4 is 17.5 Å². The number of nitrogens with one attached hydrogen (secondary N) is 1. The van der Waals surface area contributed by atoms with Gasteiger partial charge in [0.05, 0.1) is 12.6 Å². The number of carbonyl (C=O) groups excluding carboxylic acids is 1. The zero-order valence-corrected chi connectivity index (χ0v) is 15.6. The molecule has 1 N–H and O–H groups in total. The summed E-state index contributed by atoms with van der Waals surface area (Å²) in [6.07, 6.45) is 3.32. The van der Waals surface area contributed by atoms with E-state index in [-0.39, 0.29) is 11.9 Å². The van der Waals surface area contributed by atoms with E-state index in [4.69, 9.17) is 4.74 Å². The normalized spacial score (nSPS) is 16.6. The summed E-state index contributed by atoms with van der Waals surface area (Å²) in [6.45, 7) is 6.45. The number of carbonyl (C=O) groups is 1. The minimum absolute atomic E-state index is 0.0199. The third kappa shape index (κ3) is 3.12. The molecule has 0 unspecified atom stereocenters. The van der Waals surface area contributed by atoms with Crippen LogP contribution in [-0.2, 0) is 11.3 Å². The van der Waals surface area contributed by atoms with Crippen LogP contribution in [0, 0.1) is 6.92 Å². The fourth-order valence-corrected chi connectivity index (χ4v) is 3.39. The molecule has 4 heterocycles. The second-order valence-corrected chi connectivity index (χ2v) is 6.52. The molecule has 0 aromatic carbocycles. The van der Waals surface area contributed by atoms with Crippen molar-refractivity contribution in [3.05, 3.63) is 35.8 Å². The van der Waals surface area contributed by atoms with Gasteiger partial charge in [-0.2, -0.15) is 14.6 Å². The van der Waals surface area contributed by atoms with Crippen molar-refractivity contribution in [1.82, 2.24) is 34.4 Å². The second kappa shape index (κ2) is 6.95. The predicted octanol–water partition coefficient (Wildman–Crippen LogP) is 0.587. The lowest BCUT2D eigenvalue weighted by molar-refractivity contribution is 0.0932. The van der Waals surface area contributed by atoms with Crippen LogP contribution >= 0.6 is 0 Å². The van der Waals surface area contributed by atoms with E-state index < -0.39 is 0 Å². The van der Waals surface area contributed by atoms with Crippen LogP contribution in [0.3, 0.4) is 0 Å².